The maximum atomic E-state index is 5.44. The Labute approximate surface area is 116 Å². The summed E-state index contributed by atoms with van der Waals surface area (Å²) in [7, 11) is 1.69. The minimum absolute atomic E-state index is 0.847. The highest BCUT2D eigenvalue weighted by atomic mass is 79.9. The van der Waals surface area contributed by atoms with Gasteiger partial charge in [0.15, 0.2) is 0 Å². The molecule has 0 amide bonds. The number of ether oxygens (including phenoxy) is 1. The van der Waals surface area contributed by atoms with Gasteiger partial charge < -0.3 is 10.1 Å². The first-order valence-corrected chi connectivity index (χ1v) is 6.84. The molecule has 0 aliphatic carbocycles. The van der Waals surface area contributed by atoms with E-state index in [0.717, 1.165) is 45.5 Å². The third kappa shape index (κ3) is 2.43. The van der Waals surface area contributed by atoms with Crippen LogP contribution in [0.3, 0.4) is 0 Å². The third-order valence-corrected chi connectivity index (χ3v) is 3.43. The number of fused-ring (bicyclic) bond motifs is 1. The van der Waals surface area contributed by atoms with E-state index in [4.69, 9.17) is 4.74 Å². The molecule has 3 nitrogen and oxygen atoms in total. The molecule has 1 heterocycles. The monoisotopic (exact) mass is 308 g/mol. The third-order valence-electron chi connectivity index (χ3n) is 2.79. The molecule has 0 saturated heterocycles. The zero-order valence-electron chi connectivity index (χ0n) is 10.9. The lowest BCUT2D eigenvalue weighted by atomic mass is 10.1. The van der Waals surface area contributed by atoms with Crippen molar-refractivity contribution in [3.63, 3.8) is 0 Å². The number of rotatable bonds is 4. The van der Waals surface area contributed by atoms with E-state index in [1.165, 1.54) is 0 Å². The minimum atomic E-state index is 0.847. The second kappa shape index (κ2) is 5.57. The number of methoxy groups -OCH3 is 1. The Hall–Kier alpha value is -1.29. The van der Waals surface area contributed by atoms with Crippen molar-refractivity contribution in [3.05, 3.63) is 28.4 Å². The molecule has 0 spiro atoms. The molecule has 0 aliphatic heterocycles. The number of aryl methyl sites for hydroxylation is 1. The summed E-state index contributed by atoms with van der Waals surface area (Å²) in [5, 5.41) is 4.47. The second-order valence-corrected chi connectivity index (χ2v) is 5.07. The molecule has 0 atom stereocenters. The fraction of sp³-hybridized carbons (Fsp3) is 0.357. The summed E-state index contributed by atoms with van der Waals surface area (Å²) in [4.78, 5) is 4.59. The van der Waals surface area contributed by atoms with E-state index in [1.807, 2.05) is 19.1 Å². The van der Waals surface area contributed by atoms with Crippen molar-refractivity contribution in [2.45, 2.75) is 20.3 Å². The molecule has 18 heavy (non-hydrogen) atoms. The van der Waals surface area contributed by atoms with E-state index < -0.39 is 0 Å². The maximum absolute atomic E-state index is 5.44. The lowest BCUT2D eigenvalue weighted by Crippen LogP contribution is -2.03. The Kier molecular flexibility index (Phi) is 4.07. The summed E-state index contributed by atoms with van der Waals surface area (Å²) in [5.41, 5.74) is 3.01. The zero-order chi connectivity index (χ0) is 13.1. The fourth-order valence-electron chi connectivity index (χ4n) is 1.98. The highest BCUT2D eigenvalue weighted by molar-refractivity contribution is 9.10. The predicted molar refractivity (Wildman–Crippen MR) is 79.5 cm³/mol. The van der Waals surface area contributed by atoms with Crippen LogP contribution in [0.1, 0.15) is 19.0 Å². The number of nitrogens with zero attached hydrogens (tertiary/aromatic N) is 1. The Morgan fingerprint density at radius 2 is 2.17 bits per heavy atom. The van der Waals surface area contributed by atoms with Crippen molar-refractivity contribution in [3.8, 4) is 5.75 Å². The normalized spacial score (nSPS) is 10.7. The number of halogens is 1. The molecule has 0 fully saturated rings. The van der Waals surface area contributed by atoms with Gasteiger partial charge in [-0.05, 0) is 47.5 Å². The zero-order valence-corrected chi connectivity index (χ0v) is 12.5. The fourth-order valence-corrected chi connectivity index (χ4v) is 2.39. The van der Waals surface area contributed by atoms with Crippen LogP contribution in [-0.4, -0.2) is 18.6 Å². The molecule has 0 bridgehead atoms. The summed E-state index contributed by atoms with van der Waals surface area (Å²) >= 11 is 3.55. The van der Waals surface area contributed by atoms with Crippen LogP contribution in [0.5, 0.6) is 5.75 Å². The molecule has 0 radical (unpaired) electrons. The molecule has 1 aromatic carbocycles. The smallest absolute Gasteiger partial charge is 0.130 e. The van der Waals surface area contributed by atoms with Crippen LogP contribution in [0.4, 0.5) is 5.69 Å². The summed E-state index contributed by atoms with van der Waals surface area (Å²) < 4.78 is 6.43. The standard InChI is InChI=1S/C14H17BrN2O/c1-4-7-16-11-8-9(2)17-14-10(15)5-6-12(18-3)13(11)14/h5-6,8H,4,7H2,1-3H3,(H,16,17). The van der Waals surface area contributed by atoms with Gasteiger partial charge in [-0.15, -0.1) is 0 Å². The molecule has 1 N–H and O–H groups in total. The lowest BCUT2D eigenvalue weighted by molar-refractivity contribution is 0.420. The van der Waals surface area contributed by atoms with Gasteiger partial charge in [0.25, 0.3) is 0 Å². The topological polar surface area (TPSA) is 34.2 Å². The van der Waals surface area contributed by atoms with Crippen molar-refractivity contribution in [1.82, 2.24) is 4.98 Å². The van der Waals surface area contributed by atoms with Crippen molar-refractivity contribution in [2.75, 3.05) is 19.0 Å². The first-order valence-electron chi connectivity index (χ1n) is 6.05. The van der Waals surface area contributed by atoms with Gasteiger partial charge in [-0.25, -0.2) is 0 Å². The van der Waals surface area contributed by atoms with E-state index in [1.54, 1.807) is 7.11 Å². The highest BCUT2D eigenvalue weighted by Gasteiger charge is 2.11. The van der Waals surface area contributed by atoms with Crippen LogP contribution in [0.2, 0.25) is 0 Å². The molecule has 0 aliphatic rings. The van der Waals surface area contributed by atoms with E-state index in [-0.39, 0.29) is 0 Å². The summed E-state index contributed by atoms with van der Waals surface area (Å²) in [6.45, 7) is 5.09. The Morgan fingerprint density at radius 1 is 1.39 bits per heavy atom. The molecule has 0 unspecified atom stereocenters. The number of aromatic nitrogens is 1. The molecule has 2 aromatic rings. The summed E-state index contributed by atoms with van der Waals surface area (Å²) in [6.07, 6.45) is 1.08. The van der Waals surface area contributed by atoms with Crippen molar-refractivity contribution < 1.29 is 4.74 Å². The molecule has 1 aromatic heterocycles. The SMILES string of the molecule is CCCNc1cc(C)nc2c(Br)ccc(OC)c12. The number of hydrogen-bond acceptors (Lipinski definition) is 3. The van der Waals surface area contributed by atoms with Crippen LogP contribution < -0.4 is 10.1 Å². The predicted octanol–water partition coefficient (Wildman–Crippen LogP) is 4.14. The number of anilines is 1. The van der Waals surface area contributed by atoms with E-state index >= 15 is 0 Å². The largest absolute Gasteiger partial charge is 0.496 e. The molecule has 4 heteroatoms. The number of benzene rings is 1. The van der Waals surface area contributed by atoms with Crippen molar-refractivity contribution in [1.29, 1.82) is 0 Å². The second-order valence-electron chi connectivity index (χ2n) is 4.21. The Bertz CT molecular complexity index is 569. The van der Waals surface area contributed by atoms with E-state index in [0.29, 0.717) is 0 Å². The maximum Gasteiger partial charge on any atom is 0.130 e. The first kappa shape index (κ1) is 13.1. The van der Waals surface area contributed by atoms with Crippen LogP contribution in [0.25, 0.3) is 10.9 Å². The van der Waals surface area contributed by atoms with Gasteiger partial charge in [0.2, 0.25) is 0 Å². The van der Waals surface area contributed by atoms with Crippen LogP contribution in [-0.2, 0) is 0 Å². The Balaban J connectivity index is 2.70. The summed E-state index contributed by atoms with van der Waals surface area (Å²) in [6, 6.07) is 5.99. The molecular formula is C14H17BrN2O. The number of hydrogen-bond donors (Lipinski definition) is 1. The summed E-state index contributed by atoms with van der Waals surface area (Å²) in [5.74, 6) is 0.847. The van der Waals surface area contributed by atoms with Crippen molar-refractivity contribution in [2.24, 2.45) is 0 Å². The van der Waals surface area contributed by atoms with Crippen LogP contribution in [0.15, 0.2) is 22.7 Å². The molecular weight excluding hydrogens is 292 g/mol. The van der Waals surface area contributed by atoms with Gasteiger partial charge in [0.1, 0.15) is 5.75 Å². The minimum Gasteiger partial charge on any atom is -0.496 e. The van der Waals surface area contributed by atoms with Gasteiger partial charge in [-0.1, -0.05) is 6.92 Å². The van der Waals surface area contributed by atoms with Gasteiger partial charge in [-0.3, -0.25) is 4.98 Å². The molecule has 0 saturated carbocycles. The van der Waals surface area contributed by atoms with Crippen LogP contribution in [0, 0.1) is 6.92 Å². The van der Waals surface area contributed by atoms with Crippen LogP contribution >= 0.6 is 15.9 Å². The van der Waals surface area contributed by atoms with Gasteiger partial charge in [0.05, 0.1) is 18.0 Å². The van der Waals surface area contributed by atoms with E-state index in [2.05, 4.69) is 39.2 Å². The quantitative estimate of drug-likeness (QED) is 0.922. The molecule has 2 rings (SSSR count). The lowest BCUT2D eigenvalue weighted by Gasteiger charge is -2.14. The average Bonchev–Trinajstić information content (AvgIpc) is 2.37. The van der Waals surface area contributed by atoms with Gasteiger partial charge in [-0.2, -0.15) is 0 Å². The first-order chi connectivity index (χ1) is 8.67. The highest BCUT2D eigenvalue weighted by Crippen LogP contribution is 2.36. The van der Waals surface area contributed by atoms with Crippen molar-refractivity contribution >= 4 is 32.5 Å². The average molecular weight is 309 g/mol. The molecule has 96 valence electrons. The van der Waals surface area contributed by atoms with Gasteiger partial charge >= 0.3 is 0 Å². The number of nitrogens with one attached hydrogen (secondary N) is 1. The number of pyridine rings is 1. The van der Waals surface area contributed by atoms with E-state index in [9.17, 15) is 0 Å². The van der Waals surface area contributed by atoms with Gasteiger partial charge in [0, 0.05) is 22.4 Å². The Morgan fingerprint density at radius 3 is 2.83 bits per heavy atom.